The number of hydrogen-bond acceptors (Lipinski definition) is 4. The number of nitrogens with zero attached hydrogens (tertiary/aromatic N) is 2. The van der Waals surface area contributed by atoms with Crippen molar-refractivity contribution in [2.45, 2.75) is 33.8 Å². The van der Waals surface area contributed by atoms with Crippen LogP contribution in [0.2, 0.25) is 0 Å². The van der Waals surface area contributed by atoms with Gasteiger partial charge in [0.1, 0.15) is 11.5 Å². The molecule has 2 amide bonds. The Balaban J connectivity index is 0.000000735. The van der Waals surface area contributed by atoms with Crippen LogP contribution in [0, 0.1) is 23.4 Å². The van der Waals surface area contributed by atoms with Crippen LogP contribution in [0.25, 0.3) is 11.3 Å². The second-order valence-electron chi connectivity index (χ2n) is 7.30. The monoisotopic (exact) mass is 426 g/mol. The van der Waals surface area contributed by atoms with Crippen LogP contribution in [0.1, 0.15) is 32.0 Å². The van der Waals surface area contributed by atoms with Gasteiger partial charge in [-0.3, -0.25) is 4.79 Å². The fourth-order valence-corrected chi connectivity index (χ4v) is 2.64. The minimum atomic E-state index is -1.32. The number of nitrogens with one attached hydrogen (secondary N) is 2. The van der Waals surface area contributed by atoms with Crippen molar-refractivity contribution in [3.8, 4) is 11.3 Å². The first-order chi connectivity index (χ1) is 14.1. The molecule has 0 aliphatic carbocycles. The normalized spacial score (nSPS) is 12.7. The summed E-state index contributed by atoms with van der Waals surface area (Å²) in [6, 6.07) is 0.418. The van der Waals surface area contributed by atoms with Crippen LogP contribution in [-0.2, 0) is 22.6 Å². The van der Waals surface area contributed by atoms with Crippen LogP contribution < -0.4 is 10.6 Å². The molecule has 1 aromatic carbocycles. The zero-order chi connectivity index (χ0) is 22.4. The average molecular weight is 426 g/mol. The van der Waals surface area contributed by atoms with Crippen molar-refractivity contribution in [2.75, 3.05) is 20.2 Å². The Kier molecular flexibility index (Phi) is 7.99. The number of fused-ring (bicyclic) bond motifs is 1. The molecule has 0 saturated carbocycles. The summed E-state index contributed by atoms with van der Waals surface area (Å²) in [4.78, 5) is 23.6. The minimum absolute atomic E-state index is 0.00815. The molecule has 30 heavy (non-hydrogen) atoms. The summed E-state index contributed by atoms with van der Waals surface area (Å²) in [7, 11) is 1.42. The molecule has 1 aliphatic heterocycles. The molecule has 10 heteroatoms. The first-order valence-electron chi connectivity index (χ1n) is 9.47. The molecular weight excluding hydrogens is 401 g/mol. The van der Waals surface area contributed by atoms with E-state index in [2.05, 4.69) is 36.5 Å². The number of ether oxygens (including phenoxy) is 1. The third-order valence-corrected chi connectivity index (χ3v) is 3.96. The number of rotatable bonds is 3. The molecule has 2 heterocycles. The topological polar surface area (TPSA) is 85.3 Å². The van der Waals surface area contributed by atoms with Crippen LogP contribution in [0.3, 0.4) is 0 Å². The van der Waals surface area contributed by atoms with Crippen LogP contribution in [0.4, 0.5) is 18.0 Å². The van der Waals surface area contributed by atoms with Crippen molar-refractivity contribution >= 4 is 11.9 Å². The predicted molar refractivity (Wildman–Crippen MR) is 104 cm³/mol. The zero-order valence-electron chi connectivity index (χ0n) is 17.3. The van der Waals surface area contributed by atoms with Gasteiger partial charge in [-0.15, -0.1) is 0 Å². The number of carbonyl (C=O) groups is 2. The molecule has 3 rings (SSSR count). The molecule has 7 nitrogen and oxygen atoms in total. The quantitative estimate of drug-likeness (QED) is 0.739. The highest BCUT2D eigenvalue weighted by Crippen LogP contribution is 2.31. The van der Waals surface area contributed by atoms with Crippen molar-refractivity contribution in [1.29, 1.82) is 0 Å². The SMILES string of the molecule is CC(C)C.CNC(=O)CNC(=O)n1nc(-c2cc(F)c(F)cc2F)c2c1CCOC2. The number of benzene rings is 1. The Bertz CT molecular complexity index is 926. The lowest BCUT2D eigenvalue weighted by Crippen LogP contribution is -2.38. The van der Waals surface area contributed by atoms with Gasteiger partial charge in [0, 0.05) is 30.7 Å². The highest BCUT2D eigenvalue weighted by Gasteiger charge is 2.27. The Labute approximate surface area is 172 Å². The lowest BCUT2D eigenvalue weighted by molar-refractivity contribution is -0.119. The molecule has 1 aromatic heterocycles. The van der Waals surface area contributed by atoms with E-state index in [0.717, 1.165) is 10.6 Å². The van der Waals surface area contributed by atoms with Gasteiger partial charge in [0.15, 0.2) is 11.6 Å². The van der Waals surface area contributed by atoms with E-state index in [4.69, 9.17) is 4.74 Å². The summed E-state index contributed by atoms with van der Waals surface area (Å²) >= 11 is 0. The Morgan fingerprint density at radius 1 is 1.17 bits per heavy atom. The largest absolute Gasteiger partial charge is 0.376 e. The number of amides is 2. The molecule has 1 aliphatic rings. The van der Waals surface area contributed by atoms with Crippen LogP contribution in [0.15, 0.2) is 12.1 Å². The van der Waals surface area contributed by atoms with Gasteiger partial charge in [-0.2, -0.15) is 9.78 Å². The molecule has 0 bridgehead atoms. The number of likely N-dealkylation sites (N-methyl/N-ethyl adjacent to an activating group) is 1. The van der Waals surface area contributed by atoms with Gasteiger partial charge < -0.3 is 15.4 Å². The smallest absolute Gasteiger partial charge is 0.342 e. The molecule has 2 N–H and O–H groups in total. The van der Waals surface area contributed by atoms with Gasteiger partial charge in [0.2, 0.25) is 5.91 Å². The minimum Gasteiger partial charge on any atom is -0.376 e. The highest BCUT2D eigenvalue weighted by atomic mass is 19.2. The number of carbonyl (C=O) groups excluding carboxylic acids is 2. The van der Waals surface area contributed by atoms with Gasteiger partial charge in [-0.25, -0.2) is 18.0 Å². The fourth-order valence-electron chi connectivity index (χ4n) is 2.64. The molecular formula is C20H25F3N4O3. The molecule has 0 saturated heterocycles. The first-order valence-corrected chi connectivity index (χ1v) is 9.47. The van der Waals surface area contributed by atoms with Gasteiger partial charge in [-0.1, -0.05) is 20.8 Å². The fraction of sp³-hybridized carbons (Fsp3) is 0.450. The van der Waals surface area contributed by atoms with E-state index < -0.39 is 29.4 Å². The summed E-state index contributed by atoms with van der Waals surface area (Å²) < 4.78 is 47.2. The van der Waals surface area contributed by atoms with E-state index in [1.165, 1.54) is 7.05 Å². The van der Waals surface area contributed by atoms with E-state index >= 15 is 0 Å². The lowest BCUT2D eigenvalue weighted by Gasteiger charge is -2.14. The summed E-state index contributed by atoms with van der Waals surface area (Å²) in [5.41, 5.74) is 0.593. The van der Waals surface area contributed by atoms with E-state index in [0.29, 0.717) is 36.4 Å². The highest BCUT2D eigenvalue weighted by molar-refractivity contribution is 5.85. The van der Waals surface area contributed by atoms with Gasteiger partial charge in [0.25, 0.3) is 0 Å². The van der Waals surface area contributed by atoms with Crippen molar-refractivity contribution < 1.29 is 27.5 Å². The van der Waals surface area contributed by atoms with E-state index in [1.807, 2.05) is 0 Å². The first kappa shape index (κ1) is 23.4. The predicted octanol–water partition coefficient (Wildman–Crippen LogP) is 3.01. The van der Waals surface area contributed by atoms with Gasteiger partial charge in [0.05, 0.1) is 25.5 Å². The zero-order valence-corrected chi connectivity index (χ0v) is 17.3. The average Bonchev–Trinajstić information content (AvgIpc) is 3.08. The maximum absolute atomic E-state index is 14.1. The Morgan fingerprint density at radius 3 is 2.43 bits per heavy atom. The van der Waals surface area contributed by atoms with E-state index in [1.54, 1.807) is 0 Å². The maximum atomic E-state index is 14.1. The second-order valence-corrected chi connectivity index (χ2v) is 7.30. The van der Waals surface area contributed by atoms with Crippen molar-refractivity contribution in [3.05, 3.63) is 40.8 Å². The molecule has 0 spiro atoms. The second kappa shape index (κ2) is 10.2. The van der Waals surface area contributed by atoms with E-state index in [9.17, 15) is 22.8 Å². The molecule has 164 valence electrons. The molecule has 0 atom stereocenters. The van der Waals surface area contributed by atoms with Crippen LogP contribution in [-0.4, -0.2) is 41.9 Å². The third-order valence-electron chi connectivity index (χ3n) is 3.96. The third kappa shape index (κ3) is 5.59. The number of hydrogen-bond donors (Lipinski definition) is 2. The maximum Gasteiger partial charge on any atom is 0.342 e. The molecule has 0 fully saturated rings. The standard InChI is InChI=1S/C16H15F3N4O3.C4H10/c1-20-14(24)6-21-16(25)23-13-2-3-26-7-9(13)15(22-23)8-4-11(18)12(19)5-10(8)17;1-4(2)3/h4-5H,2-3,6-7H2,1H3,(H,20,24)(H,21,25);4H,1-3H3. The summed E-state index contributed by atoms with van der Waals surface area (Å²) in [5.74, 6) is -3.13. The lowest BCUT2D eigenvalue weighted by atomic mass is 10.0. The van der Waals surface area contributed by atoms with Gasteiger partial charge in [-0.05, 0) is 12.0 Å². The van der Waals surface area contributed by atoms with Crippen LogP contribution in [0.5, 0.6) is 0 Å². The Hall–Kier alpha value is -2.88. The van der Waals surface area contributed by atoms with Gasteiger partial charge >= 0.3 is 6.03 Å². The van der Waals surface area contributed by atoms with Crippen molar-refractivity contribution in [3.63, 3.8) is 0 Å². The van der Waals surface area contributed by atoms with Crippen LogP contribution >= 0.6 is 0 Å². The van der Waals surface area contributed by atoms with Crippen molar-refractivity contribution in [1.82, 2.24) is 20.4 Å². The molecule has 0 unspecified atom stereocenters. The molecule has 0 radical (unpaired) electrons. The summed E-state index contributed by atoms with van der Waals surface area (Å²) in [6.45, 7) is 6.60. The summed E-state index contributed by atoms with van der Waals surface area (Å²) in [6.07, 6.45) is 0.320. The summed E-state index contributed by atoms with van der Waals surface area (Å²) in [5, 5.41) is 8.80. The van der Waals surface area contributed by atoms with E-state index in [-0.39, 0.29) is 24.4 Å². The molecule has 2 aromatic rings. The Morgan fingerprint density at radius 2 is 1.80 bits per heavy atom. The number of aromatic nitrogens is 2. The number of halogens is 3. The van der Waals surface area contributed by atoms with Crippen molar-refractivity contribution in [2.24, 2.45) is 5.92 Å².